The van der Waals surface area contributed by atoms with E-state index >= 15 is 0 Å². The van der Waals surface area contributed by atoms with Gasteiger partial charge in [-0.25, -0.2) is 4.99 Å². The van der Waals surface area contributed by atoms with Crippen LogP contribution in [0.5, 0.6) is 0 Å². The first-order chi connectivity index (χ1) is 10.2. The third-order valence-electron chi connectivity index (χ3n) is 3.87. The summed E-state index contributed by atoms with van der Waals surface area (Å²) in [5.41, 5.74) is -0.728. The fourth-order valence-electron chi connectivity index (χ4n) is 2.17. The molecule has 0 N–H and O–H groups in total. The number of carboxylic acid groups (broad SMARTS) is 1. The Morgan fingerprint density at radius 3 is 2.64 bits per heavy atom. The Morgan fingerprint density at radius 1 is 1.50 bits per heavy atom. The third-order valence-corrected chi connectivity index (χ3v) is 3.87. The van der Waals surface area contributed by atoms with E-state index in [2.05, 4.69) is 9.98 Å². The molecule has 1 unspecified atom stereocenters. The summed E-state index contributed by atoms with van der Waals surface area (Å²) in [5, 5.41) is 20.6. The summed E-state index contributed by atoms with van der Waals surface area (Å²) in [5.74, 6) is -2.14. The zero-order chi connectivity index (χ0) is 16.7. The summed E-state index contributed by atoms with van der Waals surface area (Å²) in [6.07, 6.45) is 3.21. The number of hydrogen-bond donors (Lipinski definition) is 0. The predicted molar refractivity (Wildman–Crippen MR) is 75.5 cm³/mol. The van der Waals surface area contributed by atoms with Gasteiger partial charge in [-0.1, -0.05) is 13.8 Å². The maximum atomic E-state index is 12.4. The van der Waals surface area contributed by atoms with Crippen LogP contribution >= 0.6 is 0 Å². The normalized spacial score (nSPS) is 21.0. The fourth-order valence-corrected chi connectivity index (χ4v) is 2.17. The highest BCUT2D eigenvalue weighted by Crippen LogP contribution is 2.31. The molecule has 0 aliphatic carbocycles. The van der Waals surface area contributed by atoms with Gasteiger partial charge in [0.25, 0.3) is 5.91 Å². The van der Waals surface area contributed by atoms with Crippen molar-refractivity contribution in [2.45, 2.75) is 33.2 Å². The minimum absolute atomic E-state index is 0.0372. The molecule has 0 bridgehead atoms. The van der Waals surface area contributed by atoms with E-state index in [1.807, 2.05) is 13.8 Å². The third kappa shape index (κ3) is 2.22. The Balaban J connectivity index is 2.69. The number of carbonyl (C=O) groups is 2. The molecule has 22 heavy (non-hydrogen) atoms. The number of amides is 1. The molecule has 1 aromatic rings. The van der Waals surface area contributed by atoms with Gasteiger partial charge in [0.15, 0.2) is 12.0 Å². The average molecular weight is 299 g/mol. The first-order valence-corrected chi connectivity index (χ1v) is 6.75. The van der Waals surface area contributed by atoms with E-state index in [0.717, 1.165) is 4.90 Å². The van der Waals surface area contributed by atoms with Gasteiger partial charge in [-0.15, -0.1) is 0 Å². The fraction of sp³-hybridized carbons (Fsp3) is 0.400. The number of aliphatic imine (C=N–C) groups is 1. The van der Waals surface area contributed by atoms with Crippen LogP contribution in [0, 0.1) is 24.3 Å². The maximum absolute atomic E-state index is 12.4. The molecular formula is C15H15N4O3-. The first kappa shape index (κ1) is 15.6. The zero-order valence-electron chi connectivity index (χ0n) is 12.7. The zero-order valence-corrected chi connectivity index (χ0v) is 12.7. The van der Waals surface area contributed by atoms with Crippen molar-refractivity contribution < 1.29 is 14.7 Å². The van der Waals surface area contributed by atoms with Gasteiger partial charge < -0.3 is 9.90 Å². The van der Waals surface area contributed by atoms with E-state index in [0.29, 0.717) is 5.56 Å². The van der Waals surface area contributed by atoms with Gasteiger partial charge in [0.05, 0.1) is 5.97 Å². The van der Waals surface area contributed by atoms with Crippen LogP contribution < -0.4 is 5.11 Å². The first-order valence-electron chi connectivity index (χ1n) is 6.75. The smallest absolute Gasteiger partial charge is 0.269 e. The number of carboxylic acids is 1. The van der Waals surface area contributed by atoms with Gasteiger partial charge in [-0.05, 0) is 31.4 Å². The molecule has 0 saturated carbocycles. The van der Waals surface area contributed by atoms with Gasteiger partial charge in [0.1, 0.15) is 11.2 Å². The Kier molecular flexibility index (Phi) is 3.71. The molecule has 0 spiro atoms. The Hall–Kier alpha value is -2.75. The van der Waals surface area contributed by atoms with Crippen molar-refractivity contribution in [3.63, 3.8) is 0 Å². The molecule has 2 heterocycles. The summed E-state index contributed by atoms with van der Waals surface area (Å²) in [7, 11) is 0. The van der Waals surface area contributed by atoms with Crippen molar-refractivity contribution in [3.05, 3.63) is 29.1 Å². The summed E-state index contributed by atoms with van der Waals surface area (Å²) >= 11 is 0. The van der Waals surface area contributed by atoms with Gasteiger partial charge in [-0.3, -0.25) is 9.78 Å². The summed E-state index contributed by atoms with van der Waals surface area (Å²) in [4.78, 5) is 32.9. The number of aromatic carboxylic acids is 1. The van der Waals surface area contributed by atoms with Crippen LogP contribution in [0.15, 0.2) is 17.3 Å². The van der Waals surface area contributed by atoms with Crippen LogP contribution in [0.25, 0.3) is 0 Å². The van der Waals surface area contributed by atoms with Gasteiger partial charge >= 0.3 is 0 Å². The molecule has 2 rings (SSSR count). The monoisotopic (exact) mass is 299 g/mol. The number of aryl methyl sites for hydroxylation is 1. The lowest BCUT2D eigenvalue weighted by Crippen LogP contribution is -2.42. The van der Waals surface area contributed by atoms with Crippen LogP contribution in [0.3, 0.4) is 0 Å². The topological polar surface area (TPSA) is 109 Å². The molecule has 7 heteroatoms. The standard InChI is InChI=1S/C15H16N4O3/c1-8(2)15(4)14(22)19(7-16)12(18-15)11-10(13(20)21)5-9(3)6-17-11/h5-6,8H,1-4H3,(H,20,21)/p-1. The Bertz CT molecular complexity index is 733. The highest BCUT2D eigenvalue weighted by atomic mass is 16.4. The van der Waals surface area contributed by atoms with E-state index in [4.69, 9.17) is 0 Å². The second kappa shape index (κ2) is 5.22. The van der Waals surface area contributed by atoms with Crippen molar-refractivity contribution >= 4 is 17.7 Å². The molecule has 7 nitrogen and oxygen atoms in total. The lowest BCUT2D eigenvalue weighted by Gasteiger charge is -2.22. The summed E-state index contributed by atoms with van der Waals surface area (Å²) in [6.45, 7) is 6.92. The molecule has 1 aliphatic rings. The molecule has 114 valence electrons. The van der Waals surface area contributed by atoms with E-state index < -0.39 is 17.4 Å². The highest BCUT2D eigenvalue weighted by Gasteiger charge is 2.48. The van der Waals surface area contributed by atoms with Crippen LogP contribution in [0.1, 0.15) is 42.4 Å². The average Bonchev–Trinajstić information content (AvgIpc) is 2.71. The molecule has 1 atom stereocenters. The van der Waals surface area contributed by atoms with Crippen LogP contribution in [0.2, 0.25) is 0 Å². The van der Waals surface area contributed by atoms with E-state index in [1.165, 1.54) is 12.3 Å². The van der Waals surface area contributed by atoms with E-state index in [-0.39, 0.29) is 23.0 Å². The Labute approximate surface area is 127 Å². The van der Waals surface area contributed by atoms with Crippen molar-refractivity contribution in [2.24, 2.45) is 10.9 Å². The van der Waals surface area contributed by atoms with Crippen LogP contribution in [-0.4, -0.2) is 33.1 Å². The molecule has 0 fully saturated rings. The quantitative estimate of drug-likeness (QED) is 0.742. The van der Waals surface area contributed by atoms with E-state index in [9.17, 15) is 20.0 Å². The molecular weight excluding hydrogens is 284 g/mol. The minimum atomic E-state index is -1.43. The number of nitrogens with zero attached hydrogens (tertiary/aromatic N) is 4. The predicted octanol–water partition coefficient (Wildman–Crippen LogP) is 0.238. The van der Waals surface area contributed by atoms with Gasteiger partial charge in [0, 0.05) is 11.8 Å². The highest BCUT2D eigenvalue weighted by molar-refractivity contribution is 6.18. The number of nitriles is 1. The number of aromatic nitrogens is 1. The summed E-state index contributed by atoms with van der Waals surface area (Å²) in [6, 6.07) is 1.38. The second-order valence-corrected chi connectivity index (χ2v) is 5.67. The van der Waals surface area contributed by atoms with Crippen LogP contribution in [-0.2, 0) is 4.79 Å². The minimum Gasteiger partial charge on any atom is -0.545 e. The largest absolute Gasteiger partial charge is 0.545 e. The van der Waals surface area contributed by atoms with Gasteiger partial charge in [0.2, 0.25) is 0 Å². The van der Waals surface area contributed by atoms with Crippen molar-refractivity contribution in [3.8, 4) is 6.19 Å². The molecule has 1 amide bonds. The lowest BCUT2D eigenvalue weighted by atomic mass is 9.89. The van der Waals surface area contributed by atoms with Gasteiger partial charge in [-0.2, -0.15) is 10.2 Å². The van der Waals surface area contributed by atoms with Crippen LogP contribution in [0.4, 0.5) is 0 Å². The molecule has 0 radical (unpaired) electrons. The molecule has 1 aromatic heterocycles. The SMILES string of the molecule is Cc1cnc(C2=NC(C)(C(C)C)C(=O)N2C#N)c(C(=O)[O-])c1. The maximum Gasteiger partial charge on any atom is 0.269 e. The number of rotatable bonds is 3. The molecule has 1 aliphatic heterocycles. The number of amidine groups is 1. The van der Waals surface area contributed by atoms with Crippen molar-refractivity contribution in [1.29, 1.82) is 5.26 Å². The molecule has 0 saturated heterocycles. The Morgan fingerprint density at radius 2 is 2.14 bits per heavy atom. The second-order valence-electron chi connectivity index (χ2n) is 5.67. The number of hydrogen-bond acceptors (Lipinski definition) is 6. The number of carbonyl (C=O) groups excluding carboxylic acids is 2. The molecule has 0 aromatic carbocycles. The van der Waals surface area contributed by atoms with Crippen molar-refractivity contribution in [2.75, 3.05) is 0 Å². The lowest BCUT2D eigenvalue weighted by molar-refractivity contribution is -0.255. The summed E-state index contributed by atoms with van der Waals surface area (Å²) < 4.78 is 0. The van der Waals surface area contributed by atoms with Crippen molar-refractivity contribution in [1.82, 2.24) is 9.88 Å². The number of pyridine rings is 1. The van der Waals surface area contributed by atoms with E-state index in [1.54, 1.807) is 20.0 Å².